The predicted octanol–water partition coefficient (Wildman–Crippen LogP) is 4.00. The van der Waals surface area contributed by atoms with Gasteiger partial charge in [0, 0.05) is 25.2 Å². The van der Waals surface area contributed by atoms with Crippen LogP contribution >= 0.6 is 0 Å². The van der Waals surface area contributed by atoms with Crippen LogP contribution in [0.2, 0.25) is 0 Å². The molecule has 160 valence electrons. The van der Waals surface area contributed by atoms with Gasteiger partial charge in [0.2, 0.25) is 0 Å². The molecular weight excluding hydrogens is 378 g/mol. The molecule has 6 heteroatoms. The highest BCUT2D eigenvalue weighted by Gasteiger charge is 2.33. The summed E-state index contributed by atoms with van der Waals surface area (Å²) in [6.07, 6.45) is 5.80. The number of rotatable bonds is 4. The molecule has 0 aliphatic carbocycles. The molecule has 0 spiro atoms. The standard InChI is InChI=1S/C24H31N3O3/c1-3-30-24(29)19-8-7-14-26(16-19)23(28)21-20-9-5-4-6-15-27(20)22(25-21)18-12-10-17(2)11-13-18/h10-13,19H,3-9,14-16H2,1-2H3/t19-/m1/s1. The molecule has 4 rings (SSSR count). The number of carbonyl (C=O) groups excluding carboxylic acids is 2. The van der Waals surface area contributed by atoms with E-state index in [1.54, 1.807) is 4.90 Å². The van der Waals surface area contributed by atoms with Gasteiger partial charge < -0.3 is 14.2 Å². The lowest BCUT2D eigenvalue weighted by Gasteiger charge is -2.31. The first-order valence-electron chi connectivity index (χ1n) is 11.2. The van der Waals surface area contributed by atoms with Gasteiger partial charge in [-0.25, -0.2) is 4.98 Å². The number of carbonyl (C=O) groups is 2. The molecule has 1 atom stereocenters. The number of esters is 1. The zero-order chi connectivity index (χ0) is 21.1. The van der Waals surface area contributed by atoms with Crippen LogP contribution in [0, 0.1) is 12.8 Å². The summed E-state index contributed by atoms with van der Waals surface area (Å²) >= 11 is 0. The number of aryl methyl sites for hydroxylation is 1. The maximum atomic E-state index is 13.5. The van der Waals surface area contributed by atoms with Gasteiger partial charge in [0.25, 0.3) is 5.91 Å². The number of amides is 1. The van der Waals surface area contributed by atoms with Crippen molar-refractivity contribution in [2.45, 2.75) is 58.9 Å². The minimum atomic E-state index is -0.236. The molecule has 0 unspecified atom stereocenters. The number of hydrogen-bond acceptors (Lipinski definition) is 4. The highest BCUT2D eigenvalue weighted by molar-refractivity contribution is 5.94. The number of aromatic nitrogens is 2. The van der Waals surface area contributed by atoms with E-state index in [9.17, 15) is 9.59 Å². The Labute approximate surface area is 178 Å². The predicted molar refractivity (Wildman–Crippen MR) is 115 cm³/mol. The second kappa shape index (κ2) is 9.02. The highest BCUT2D eigenvalue weighted by Crippen LogP contribution is 2.29. The van der Waals surface area contributed by atoms with Crippen molar-refractivity contribution in [3.8, 4) is 11.4 Å². The van der Waals surface area contributed by atoms with Crippen LogP contribution in [0.3, 0.4) is 0 Å². The Morgan fingerprint density at radius 1 is 1.10 bits per heavy atom. The normalized spacial score (nSPS) is 19.1. The van der Waals surface area contributed by atoms with Gasteiger partial charge in [-0.1, -0.05) is 36.2 Å². The Morgan fingerprint density at radius 3 is 2.67 bits per heavy atom. The fourth-order valence-corrected chi connectivity index (χ4v) is 4.58. The number of hydrogen-bond donors (Lipinski definition) is 0. The molecule has 1 fully saturated rings. The molecule has 3 heterocycles. The summed E-state index contributed by atoms with van der Waals surface area (Å²) < 4.78 is 7.44. The first-order valence-corrected chi connectivity index (χ1v) is 11.2. The summed E-state index contributed by atoms with van der Waals surface area (Å²) in [5.41, 5.74) is 3.87. The van der Waals surface area contributed by atoms with E-state index in [1.807, 2.05) is 6.92 Å². The highest BCUT2D eigenvalue weighted by atomic mass is 16.5. The number of piperidine rings is 1. The SMILES string of the molecule is CCOC(=O)[C@@H]1CCCN(C(=O)c2nc(-c3ccc(C)cc3)n3c2CCCCC3)C1. The van der Waals surface area contributed by atoms with Crippen molar-refractivity contribution < 1.29 is 14.3 Å². The van der Waals surface area contributed by atoms with E-state index in [0.29, 0.717) is 25.4 Å². The summed E-state index contributed by atoms with van der Waals surface area (Å²) in [5.74, 6) is 0.404. The largest absolute Gasteiger partial charge is 0.466 e. The lowest BCUT2D eigenvalue weighted by Crippen LogP contribution is -2.43. The summed E-state index contributed by atoms with van der Waals surface area (Å²) in [4.78, 5) is 32.4. The molecule has 1 saturated heterocycles. The Hall–Kier alpha value is -2.63. The molecule has 2 aliphatic rings. The number of likely N-dealkylation sites (tertiary alicyclic amines) is 1. The van der Waals surface area contributed by atoms with Crippen LogP contribution in [0.1, 0.15) is 60.8 Å². The first-order chi connectivity index (χ1) is 14.6. The molecule has 2 aliphatic heterocycles. The van der Waals surface area contributed by atoms with Crippen molar-refractivity contribution in [2.75, 3.05) is 19.7 Å². The summed E-state index contributed by atoms with van der Waals surface area (Å²) in [7, 11) is 0. The van der Waals surface area contributed by atoms with E-state index < -0.39 is 0 Å². The molecule has 0 N–H and O–H groups in total. The van der Waals surface area contributed by atoms with Crippen LogP contribution in [-0.4, -0.2) is 46.0 Å². The molecule has 2 aromatic rings. The second-order valence-electron chi connectivity index (χ2n) is 8.40. The number of fused-ring (bicyclic) bond motifs is 1. The Morgan fingerprint density at radius 2 is 1.90 bits per heavy atom. The molecule has 1 aromatic heterocycles. The molecule has 0 bridgehead atoms. The Bertz CT molecular complexity index is 917. The van der Waals surface area contributed by atoms with Gasteiger partial charge in [-0.15, -0.1) is 0 Å². The maximum absolute atomic E-state index is 13.5. The Kier molecular flexibility index (Phi) is 6.21. The third-order valence-electron chi connectivity index (χ3n) is 6.21. The average Bonchev–Trinajstić information content (AvgIpc) is 2.95. The van der Waals surface area contributed by atoms with Gasteiger partial charge in [-0.3, -0.25) is 9.59 Å². The lowest BCUT2D eigenvalue weighted by atomic mass is 9.97. The van der Waals surface area contributed by atoms with Crippen LogP contribution in [0.25, 0.3) is 11.4 Å². The van der Waals surface area contributed by atoms with Crippen LogP contribution in [-0.2, 0) is 22.5 Å². The van der Waals surface area contributed by atoms with Crippen molar-refractivity contribution in [3.05, 3.63) is 41.2 Å². The van der Waals surface area contributed by atoms with E-state index in [4.69, 9.17) is 9.72 Å². The van der Waals surface area contributed by atoms with E-state index in [-0.39, 0.29) is 17.8 Å². The van der Waals surface area contributed by atoms with E-state index in [0.717, 1.165) is 62.2 Å². The van der Waals surface area contributed by atoms with Crippen LogP contribution in [0.4, 0.5) is 0 Å². The van der Waals surface area contributed by atoms with Crippen molar-refractivity contribution >= 4 is 11.9 Å². The maximum Gasteiger partial charge on any atom is 0.310 e. The zero-order valence-corrected chi connectivity index (χ0v) is 18.0. The number of nitrogens with zero attached hydrogens (tertiary/aromatic N) is 3. The van der Waals surface area contributed by atoms with Gasteiger partial charge in [0.05, 0.1) is 18.2 Å². The quantitative estimate of drug-likeness (QED) is 0.716. The van der Waals surface area contributed by atoms with Crippen LogP contribution < -0.4 is 0 Å². The van der Waals surface area contributed by atoms with Crippen molar-refractivity contribution in [3.63, 3.8) is 0 Å². The Balaban J connectivity index is 1.65. The zero-order valence-electron chi connectivity index (χ0n) is 18.0. The van der Waals surface area contributed by atoms with E-state index >= 15 is 0 Å². The molecular formula is C24H31N3O3. The number of benzene rings is 1. The monoisotopic (exact) mass is 409 g/mol. The first kappa shape index (κ1) is 20.6. The molecule has 0 radical (unpaired) electrons. The fraction of sp³-hybridized carbons (Fsp3) is 0.542. The average molecular weight is 410 g/mol. The van der Waals surface area contributed by atoms with Crippen LogP contribution in [0.15, 0.2) is 24.3 Å². The van der Waals surface area contributed by atoms with E-state index in [1.165, 1.54) is 5.56 Å². The molecule has 1 amide bonds. The second-order valence-corrected chi connectivity index (χ2v) is 8.40. The smallest absolute Gasteiger partial charge is 0.310 e. The third kappa shape index (κ3) is 4.13. The minimum absolute atomic E-state index is 0.0481. The van der Waals surface area contributed by atoms with E-state index in [2.05, 4.69) is 35.8 Å². The molecule has 1 aromatic carbocycles. The van der Waals surface area contributed by atoms with Crippen molar-refractivity contribution in [2.24, 2.45) is 5.92 Å². The summed E-state index contributed by atoms with van der Waals surface area (Å²) in [5, 5.41) is 0. The fourth-order valence-electron chi connectivity index (χ4n) is 4.58. The summed E-state index contributed by atoms with van der Waals surface area (Å²) in [6, 6.07) is 8.34. The van der Waals surface area contributed by atoms with Crippen LogP contribution in [0.5, 0.6) is 0 Å². The number of imidazole rings is 1. The van der Waals surface area contributed by atoms with Gasteiger partial charge >= 0.3 is 5.97 Å². The topological polar surface area (TPSA) is 64.4 Å². The van der Waals surface area contributed by atoms with Crippen molar-refractivity contribution in [1.82, 2.24) is 14.5 Å². The number of ether oxygens (including phenoxy) is 1. The van der Waals surface area contributed by atoms with Gasteiger partial charge in [0.15, 0.2) is 0 Å². The van der Waals surface area contributed by atoms with Gasteiger partial charge in [0.1, 0.15) is 11.5 Å². The van der Waals surface area contributed by atoms with Crippen molar-refractivity contribution in [1.29, 1.82) is 0 Å². The molecule has 30 heavy (non-hydrogen) atoms. The minimum Gasteiger partial charge on any atom is -0.466 e. The van der Waals surface area contributed by atoms with Gasteiger partial charge in [-0.2, -0.15) is 0 Å². The molecule has 6 nitrogen and oxygen atoms in total. The third-order valence-corrected chi connectivity index (χ3v) is 6.21. The molecule has 0 saturated carbocycles. The van der Waals surface area contributed by atoms with Gasteiger partial charge in [-0.05, 0) is 46.0 Å². The summed E-state index contributed by atoms with van der Waals surface area (Å²) in [6.45, 7) is 6.24. The lowest BCUT2D eigenvalue weighted by molar-refractivity contribution is -0.149.